The summed E-state index contributed by atoms with van der Waals surface area (Å²) < 4.78 is 27.4. The van der Waals surface area contributed by atoms with Crippen molar-refractivity contribution < 1.29 is 13.5 Å². The van der Waals surface area contributed by atoms with Crippen LogP contribution in [0.5, 0.6) is 0 Å². The lowest BCUT2D eigenvalue weighted by atomic mass is 9.88. The van der Waals surface area contributed by atoms with Crippen molar-refractivity contribution in [2.75, 3.05) is 13.2 Å². The fraction of sp³-hybridized carbons (Fsp3) is 0.533. The summed E-state index contributed by atoms with van der Waals surface area (Å²) in [5.41, 5.74) is 0.264. The molecular formula is C15H22N2O3S. The van der Waals surface area contributed by atoms with Gasteiger partial charge in [-0.05, 0) is 29.9 Å². The third-order valence-electron chi connectivity index (χ3n) is 3.28. The van der Waals surface area contributed by atoms with Crippen LogP contribution in [0.4, 0.5) is 0 Å². The van der Waals surface area contributed by atoms with E-state index in [-0.39, 0.29) is 29.9 Å². The van der Waals surface area contributed by atoms with Crippen LogP contribution in [-0.2, 0) is 16.4 Å². The summed E-state index contributed by atoms with van der Waals surface area (Å²) in [7, 11) is -3.63. The molecule has 0 spiro atoms. The predicted octanol–water partition coefficient (Wildman–Crippen LogP) is 1.83. The molecule has 116 valence electrons. The first-order chi connectivity index (χ1) is 9.82. The van der Waals surface area contributed by atoms with Gasteiger partial charge in [-0.2, -0.15) is 5.26 Å². The van der Waals surface area contributed by atoms with E-state index in [1.807, 2.05) is 19.9 Å². The van der Waals surface area contributed by atoms with E-state index in [1.54, 1.807) is 18.2 Å². The van der Waals surface area contributed by atoms with Gasteiger partial charge in [0.05, 0.1) is 17.4 Å². The van der Waals surface area contributed by atoms with Gasteiger partial charge in [-0.15, -0.1) is 0 Å². The Bertz CT molecular complexity index is 604. The second-order valence-corrected chi connectivity index (χ2v) is 7.49. The minimum absolute atomic E-state index is 0.0605. The average Bonchev–Trinajstić information content (AvgIpc) is 2.44. The number of benzene rings is 1. The van der Waals surface area contributed by atoms with Gasteiger partial charge < -0.3 is 5.11 Å². The number of nitriles is 1. The molecular weight excluding hydrogens is 288 g/mol. The number of sulfonamides is 1. The minimum atomic E-state index is -3.63. The first-order valence-corrected chi connectivity index (χ1v) is 8.36. The minimum Gasteiger partial charge on any atom is -0.396 e. The molecule has 1 aromatic carbocycles. The quantitative estimate of drug-likeness (QED) is 0.766. The van der Waals surface area contributed by atoms with Crippen molar-refractivity contribution >= 4 is 10.0 Å². The van der Waals surface area contributed by atoms with Crippen LogP contribution < -0.4 is 4.72 Å². The standard InChI is InChI=1S/C15H22N2O3S/c1-15(2,9-5-11-18)12-17-21(19,20)14-7-4-3-6-13(14)8-10-16/h3-4,6-7,17-18H,5,8-9,11-12H2,1-2H3. The van der Waals surface area contributed by atoms with Crippen LogP contribution in [0.25, 0.3) is 0 Å². The molecule has 6 heteroatoms. The molecule has 0 aromatic heterocycles. The summed E-state index contributed by atoms with van der Waals surface area (Å²) in [4.78, 5) is 0.157. The average molecular weight is 310 g/mol. The Labute approximate surface area is 126 Å². The Morgan fingerprint density at radius 3 is 2.62 bits per heavy atom. The number of aliphatic hydroxyl groups excluding tert-OH is 1. The Morgan fingerprint density at radius 1 is 1.33 bits per heavy atom. The highest BCUT2D eigenvalue weighted by molar-refractivity contribution is 7.89. The topological polar surface area (TPSA) is 90.2 Å². The van der Waals surface area contributed by atoms with E-state index >= 15 is 0 Å². The van der Waals surface area contributed by atoms with Gasteiger partial charge in [0.2, 0.25) is 10.0 Å². The number of nitrogens with one attached hydrogen (secondary N) is 1. The summed E-state index contributed by atoms with van der Waals surface area (Å²) in [5.74, 6) is 0. The van der Waals surface area contributed by atoms with Crippen LogP contribution in [0.1, 0.15) is 32.3 Å². The lowest BCUT2D eigenvalue weighted by molar-refractivity contribution is 0.242. The molecule has 21 heavy (non-hydrogen) atoms. The van der Waals surface area contributed by atoms with Crippen LogP contribution in [0.15, 0.2) is 29.2 Å². The van der Waals surface area contributed by atoms with E-state index in [4.69, 9.17) is 10.4 Å². The van der Waals surface area contributed by atoms with Gasteiger partial charge in [-0.1, -0.05) is 32.0 Å². The number of aliphatic hydroxyl groups is 1. The molecule has 5 nitrogen and oxygen atoms in total. The molecule has 0 amide bonds. The number of hydrogen-bond acceptors (Lipinski definition) is 4. The van der Waals surface area contributed by atoms with Crippen LogP contribution in [0.2, 0.25) is 0 Å². The zero-order chi connectivity index (χ0) is 15.9. The molecule has 0 heterocycles. The van der Waals surface area contributed by atoms with E-state index in [1.165, 1.54) is 6.07 Å². The van der Waals surface area contributed by atoms with Crippen molar-refractivity contribution in [2.45, 2.75) is 38.0 Å². The van der Waals surface area contributed by atoms with E-state index < -0.39 is 10.0 Å². The smallest absolute Gasteiger partial charge is 0.240 e. The van der Waals surface area contributed by atoms with Crippen LogP contribution in [-0.4, -0.2) is 26.7 Å². The number of nitrogens with zero attached hydrogens (tertiary/aromatic N) is 1. The van der Waals surface area contributed by atoms with Crippen LogP contribution >= 0.6 is 0 Å². The second kappa shape index (κ2) is 7.55. The van der Waals surface area contributed by atoms with Crippen molar-refractivity contribution in [3.63, 3.8) is 0 Å². The SMILES string of the molecule is CC(C)(CCCO)CNS(=O)(=O)c1ccccc1CC#N. The highest BCUT2D eigenvalue weighted by Gasteiger charge is 2.23. The zero-order valence-corrected chi connectivity index (χ0v) is 13.3. The van der Waals surface area contributed by atoms with Crippen molar-refractivity contribution in [1.29, 1.82) is 5.26 Å². The number of hydrogen-bond donors (Lipinski definition) is 2. The summed E-state index contributed by atoms with van der Waals surface area (Å²) in [6.07, 6.45) is 1.43. The fourth-order valence-electron chi connectivity index (χ4n) is 2.01. The third-order valence-corrected chi connectivity index (χ3v) is 4.79. The summed E-state index contributed by atoms with van der Waals surface area (Å²) >= 11 is 0. The normalized spacial score (nSPS) is 12.1. The van der Waals surface area contributed by atoms with Gasteiger partial charge in [-0.25, -0.2) is 13.1 Å². The third kappa shape index (κ3) is 5.46. The maximum Gasteiger partial charge on any atom is 0.240 e. The lowest BCUT2D eigenvalue weighted by Gasteiger charge is -2.24. The maximum atomic E-state index is 12.4. The maximum absolute atomic E-state index is 12.4. The molecule has 0 atom stereocenters. The molecule has 0 unspecified atom stereocenters. The first kappa shape index (κ1) is 17.6. The second-order valence-electron chi connectivity index (χ2n) is 5.76. The van der Waals surface area contributed by atoms with E-state index in [2.05, 4.69) is 4.72 Å². The predicted molar refractivity (Wildman–Crippen MR) is 81.0 cm³/mol. The van der Waals surface area contributed by atoms with E-state index in [0.717, 1.165) is 6.42 Å². The van der Waals surface area contributed by atoms with E-state index in [0.29, 0.717) is 12.0 Å². The molecule has 0 bridgehead atoms. The van der Waals surface area contributed by atoms with Gasteiger partial charge in [0.15, 0.2) is 0 Å². The largest absolute Gasteiger partial charge is 0.396 e. The Morgan fingerprint density at radius 2 is 2.00 bits per heavy atom. The Hall–Kier alpha value is -1.42. The summed E-state index contributed by atoms with van der Waals surface area (Å²) in [5, 5.41) is 17.6. The van der Waals surface area contributed by atoms with Gasteiger partial charge in [0.1, 0.15) is 0 Å². The highest BCUT2D eigenvalue weighted by Crippen LogP contribution is 2.22. The van der Waals surface area contributed by atoms with Gasteiger partial charge in [-0.3, -0.25) is 0 Å². The van der Waals surface area contributed by atoms with Crippen molar-refractivity contribution in [2.24, 2.45) is 5.41 Å². The molecule has 0 aliphatic carbocycles. The molecule has 0 radical (unpaired) electrons. The van der Waals surface area contributed by atoms with E-state index in [9.17, 15) is 8.42 Å². The van der Waals surface area contributed by atoms with Crippen LogP contribution in [0, 0.1) is 16.7 Å². The van der Waals surface area contributed by atoms with Crippen LogP contribution in [0.3, 0.4) is 0 Å². The number of rotatable bonds is 8. The Balaban J connectivity index is 2.86. The van der Waals surface area contributed by atoms with Crippen molar-refractivity contribution in [1.82, 2.24) is 4.72 Å². The lowest BCUT2D eigenvalue weighted by Crippen LogP contribution is -2.34. The fourth-order valence-corrected chi connectivity index (χ4v) is 3.49. The highest BCUT2D eigenvalue weighted by atomic mass is 32.2. The summed E-state index contributed by atoms with van der Waals surface area (Å²) in [6, 6.07) is 8.50. The first-order valence-electron chi connectivity index (χ1n) is 6.88. The molecule has 0 saturated carbocycles. The molecule has 2 N–H and O–H groups in total. The zero-order valence-electron chi connectivity index (χ0n) is 12.5. The monoisotopic (exact) mass is 310 g/mol. The van der Waals surface area contributed by atoms with Gasteiger partial charge in [0.25, 0.3) is 0 Å². The van der Waals surface area contributed by atoms with Crippen molar-refractivity contribution in [3.05, 3.63) is 29.8 Å². The summed E-state index contributed by atoms with van der Waals surface area (Å²) in [6.45, 7) is 4.29. The molecule has 0 aliphatic rings. The molecule has 1 aromatic rings. The van der Waals surface area contributed by atoms with Gasteiger partial charge in [0, 0.05) is 13.2 Å². The van der Waals surface area contributed by atoms with Crippen molar-refractivity contribution in [3.8, 4) is 6.07 Å². The Kier molecular flexibility index (Phi) is 6.34. The molecule has 0 aliphatic heterocycles. The van der Waals surface area contributed by atoms with Gasteiger partial charge >= 0.3 is 0 Å². The molecule has 1 rings (SSSR count). The molecule has 0 saturated heterocycles. The molecule has 0 fully saturated rings.